The first-order chi connectivity index (χ1) is 9.60. The Bertz CT molecular complexity index is 615. The third-order valence-electron chi connectivity index (χ3n) is 2.52. The summed E-state index contributed by atoms with van der Waals surface area (Å²) in [5, 5.41) is 5.73. The van der Waals surface area contributed by atoms with Crippen molar-refractivity contribution >= 4 is 33.5 Å². The van der Waals surface area contributed by atoms with Gasteiger partial charge in [-0.2, -0.15) is 0 Å². The summed E-state index contributed by atoms with van der Waals surface area (Å²) in [7, 11) is 0. The SMILES string of the molecule is CCNc1cnc(C(=O)Nc2ncc(Br)cc2C)cn1. The number of carbonyl (C=O) groups excluding carboxylic acids is 1. The number of halogens is 1. The molecule has 0 aliphatic rings. The van der Waals surface area contributed by atoms with Crippen molar-refractivity contribution in [1.82, 2.24) is 15.0 Å². The molecule has 0 radical (unpaired) electrons. The maximum atomic E-state index is 12.0. The van der Waals surface area contributed by atoms with E-state index in [4.69, 9.17) is 0 Å². The lowest BCUT2D eigenvalue weighted by molar-refractivity contribution is 0.102. The van der Waals surface area contributed by atoms with E-state index in [1.807, 2.05) is 19.9 Å². The predicted octanol–water partition coefficient (Wildman–Crippen LogP) is 2.63. The van der Waals surface area contributed by atoms with Crippen molar-refractivity contribution in [3.63, 3.8) is 0 Å². The van der Waals surface area contributed by atoms with Gasteiger partial charge in [-0.1, -0.05) is 0 Å². The molecule has 0 saturated carbocycles. The quantitative estimate of drug-likeness (QED) is 0.897. The average molecular weight is 336 g/mol. The lowest BCUT2D eigenvalue weighted by Crippen LogP contribution is -2.16. The molecule has 0 saturated heterocycles. The highest BCUT2D eigenvalue weighted by Gasteiger charge is 2.10. The molecule has 0 unspecified atom stereocenters. The van der Waals surface area contributed by atoms with Gasteiger partial charge in [-0.05, 0) is 41.4 Å². The van der Waals surface area contributed by atoms with Gasteiger partial charge in [0.1, 0.15) is 17.3 Å². The van der Waals surface area contributed by atoms with Crippen molar-refractivity contribution in [3.8, 4) is 0 Å². The van der Waals surface area contributed by atoms with Gasteiger partial charge < -0.3 is 10.6 Å². The minimum absolute atomic E-state index is 0.246. The summed E-state index contributed by atoms with van der Waals surface area (Å²) in [6.07, 6.45) is 4.59. The first-order valence-corrected chi connectivity index (χ1v) is 6.89. The van der Waals surface area contributed by atoms with Gasteiger partial charge >= 0.3 is 0 Å². The van der Waals surface area contributed by atoms with Crippen LogP contribution in [0.3, 0.4) is 0 Å². The van der Waals surface area contributed by atoms with Crippen LogP contribution in [0.2, 0.25) is 0 Å². The van der Waals surface area contributed by atoms with Crippen LogP contribution in [0.25, 0.3) is 0 Å². The van der Waals surface area contributed by atoms with Crippen LogP contribution in [0.5, 0.6) is 0 Å². The smallest absolute Gasteiger partial charge is 0.277 e. The van der Waals surface area contributed by atoms with Gasteiger partial charge in [0.15, 0.2) is 0 Å². The molecule has 0 aliphatic carbocycles. The number of aromatic nitrogens is 3. The van der Waals surface area contributed by atoms with Crippen molar-refractivity contribution in [2.75, 3.05) is 17.2 Å². The lowest BCUT2D eigenvalue weighted by Gasteiger charge is -2.07. The van der Waals surface area contributed by atoms with Crippen molar-refractivity contribution in [2.24, 2.45) is 0 Å². The van der Waals surface area contributed by atoms with Crippen molar-refractivity contribution < 1.29 is 4.79 Å². The molecule has 0 bridgehead atoms. The lowest BCUT2D eigenvalue weighted by atomic mass is 10.3. The molecule has 0 atom stereocenters. The monoisotopic (exact) mass is 335 g/mol. The Kier molecular flexibility index (Phi) is 4.62. The Morgan fingerprint density at radius 2 is 2.05 bits per heavy atom. The Morgan fingerprint density at radius 3 is 2.65 bits per heavy atom. The first kappa shape index (κ1) is 14.4. The van der Waals surface area contributed by atoms with Crippen molar-refractivity contribution in [2.45, 2.75) is 13.8 Å². The summed E-state index contributed by atoms with van der Waals surface area (Å²) in [6, 6.07) is 1.88. The molecule has 2 rings (SSSR count). The van der Waals surface area contributed by atoms with Crippen molar-refractivity contribution in [3.05, 3.63) is 40.4 Å². The molecule has 1 amide bonds. The van der Waals surface area contributed by atoms with E-state index in [0.29, 0.717) is 11.6 Å². The van der Waals surface area contributed by atoms with Crippen LogP contribution < -0.4 is 10.6 Å². The number of pyridine rings is 1. The third-order valence-corrected chi connectivity index (χ3v) is 2.95. The number of aryl methyl sites for hydroxylation is 1. The molecule has 0 aliphatic heterocycles. The van der Waals surface area contributed by atoms with E-state index >= 15 is 0 Å². The number of hydrogen-bond acceptors (Lipinski definition) is 5. The van der Waals surface area contributed by atoms with Gasteiger partial charge in [0.2, 0.25) is 0 Å². The number of hydrogen-bond donors (Lipinski definition) is 2. The van der Waals surface area contributed by atoms with E-state index in [-0.39, 0.29) is 11.6 Å². The second-order valence-corrected chi connectivity index (χ2v) is 5.01. The Balaban J connectivity index is 2.11. The molecular formula is C13H14BrN5O. The molecule has 2 heterocycles. The van der Waals surface area contributed by atoms with Crippen LogP contribution in [0.1, 0.15) is 23.0 Å². The molecular weight excluding hydrogens is 322 g/mol. The highest BCUT2D eigenvalue weighted by atomic mass is 79.9. The number of carbonyl (C=O) groups is 1. The zero-order chi connectivity index (χ0) is 14.5. The minimum Gasteiger partial charge on any atom is -0.369 e. The summed E-state index contributed by atoms with van der Waals surface area (Å²) in [5.41, 5.74) is 1.11. The molecule has 0 spiro atoms. The van der Waals surface area contributed by atoms with Gasteiger partial charge in [-0.3, -0.25) is 4.79 Å². The Labute approximate surface area is 125 Å². The third kappa shape index (κ3) is 3.51. The fourth-order valence-electron chi connectivity index (χ4n) is 1.56. The average Bonchev–Trinajstić information content (AvgIpc) is 2.43. The van der Waals surface area contributed by atoms with Gasteiger partial charge in [-0.25, -0.2) is 15.0 Å². The zero-order valence-electron chi connectivity index (χ0n) is 11.1. The minimum atomic E-state index is -0.335. The fraction of sp³-hybridized carbons (Fsp3) is 0.231. The van der Waals surface area contributed by atoms with Gasteiger partial charge in [-0.15, -0.1) is 0 Å². The van der Waals surface area contributed by atoms with E-state index in [9.17, 15) is 4.79 Å². The van der Waals surface area contributed by atoms with Gasteiger partial charge in [0.25, 0.3) is 5.91 Å². The van der Waals surface area contributed by atoms with Crippen LogP contribution in [-0.2, 0) is 0 Å². The highest BCUT2D eigenvalue weighted by Crippen LogP contribution is 2.17. The van der Waals surface area contributed by atoms with Crippen LogP contribution in [0, 0.1) is 6.92 Å². The van der Waals surface area contributed by atoms with Crippen LogP contribution in [0.15, 0.2) is 29.1 Å². The number of anilines is 2. The van der Waals surface area contributed by atoms with Crippen LogP contribution in [-0.4, -0.2) is 27.4 Å². The molecule has 6 nitrogen and oxygen atoms in total. The van der Waals surface area contributed by atoms with Crippen LogP contribution in [0.4, 0.5) is 11.6 Å². The normalized spacial score (nSPS) is 10.2. The van der Waals surface area contributed by atoms with Crippen LogP contribution >= 0.6 is 15.9 Å². The van der Waals surface area contributed by atoms with E-state index in [1.54, 1.807) is 6.20 Å². The zero-order valence-corrected chi connectivity index (χ0v) is 12.7. The van der Waals surface area contributed by atoms with Gasteiger partial charge in [0.05, 0.1) is 12.4 Å². The van der Waals surface area contributed by atoms with Gasteiger partial charge in [0, 0.05) is 17.2 Å². The molecule has 2 aromatic rings. The molecule has 104 valence electrons. The molecule has 2 N–H and O–H groups in total. The molecule has 20 heavy (non-hydrogen) atoms. The standard InChI is InChI=1S/C13H14BrN5O/c1-3-15-11-7-16-10(6-17-11)13(20)19-12-8(2)4-9(14)5-18-12/h4-7H,3H2,1-2H3,(H,15,17)(H,18,19,20). The number of nitrogens with zero attached hydrogens (tertiary/aromatic N) is 3. The summed E-state index contributed by atoms with van der Waals surface area (Å²) >= 11 is 3.33. The summed E-state index contributed by atoms with van der Waals surface area (Å²) in [4.78, 5) is 24.4. The summed E-state index contributed by atoms with van der Waals surface area (Å²) < 4.78 is 0.864. The second-order valence-electron chi connectivity index (χ2n) is 4.09. The molecule has 7 heteroatoms. The fourth-order valence-corrected chi connectivity index (χ4v) is 2.01. The predicted molar refractivity (Wildman–Crippen MR) is 80.8 cm³/mol. The summed E-state index contributed by atoms with van der Waals surface area (Å²) in [5.74, 6) is 0.816. The second kappa shape index (κ2) is 6.42. The largest absolute Gasteiger partial charge is 0.369 e. The number of amides is 1. The molecule has 0 aromatic carbocycles. The van der Waals surface area contributed by atoms with Crippen molar-refractivity contribution in [1.29, 1.82) is 0 Å². The maximum absolute atomic E-state index is 12.0. The van der Waals surface area contributed by atoms with E-state index in [1.165, 1.54) is 12.4 Å². The number of nitrogens with one attached hydrogen (secondary N) is 2. The first-order valence-electron chi connectivity index (χ1n) is 6.09. The van der Waals surface area contributed by atoms with E-state index < -0.39 is 0 Å². The van der Waals surface area contributed by atoms with E-state index in [0.717, 1.165) is 16.6 Å². The topological polar surface area (TPSA) is 79.8 Å². The molecule has 2 aromatic heterocycles. The summed E-state index contributed by atoms with van der Waals surface area (Å²) in [6.45, 7) is 4.58. The Hall–Kier alpha value is -2.02. The highest BCUT2D eigenvalue weighted by molar-refractivity contribution is 9.10. The number of rotatable bonds is 4. The van der Waals surface area contributed by atoms with E-state index in [2.05, 4.69) is 41.5 Å². The Morgan fingerprint density at radius 1 is 1.25 bits per heavy atom. The maximum Gasteiger partial charge on any atom is 0.277 e. The molecule has 0 fully saturated rings.